The predicted molar refractivity (Wildman–Crippen MR) is 94.3 cm³/mol. The van der Waals surface area contributed by atoms with Gasteiger partial charge >= 0.3 is 0 Å². The number of benzene rings is 1. The Labute approximate surface area is 147 Å². The van der Waals surface area contributed by atoms with Crippen LogP contribution in [0.1, 0.15) is 18.6 Å². The first kappa shape index (κ1) is 17.6. The van der Waals surface area contributed by atoms with E-state index in [1.165, 1.54) is 12.4 Å². The van der Waals surface area contributed by atoms with Crippen LogP contribution in [-0.2, 0) is 9.47 Å². The van der Waals surface area contributed by atoms with Crippen molar-refractivity contribution in [2.24, 2.45) is 0 Å². The van der Waals surface area contributed by atoms with Crippen LogP contribution in [0, 0.1) is 5.82 Å². The summed E-state index contributed by atoms with van der Waals surface area (Å²) < 4.78 is 25.0. The first-order valence-electron chi connectivity index (χ1n) is 8.37. The molecule has 0 radical (unpaired) electrons. The molecule has 0 bridgehead atoms. The first-order chi connectivity index (χ1) is 12.2. The molecular formula is C18H23FN4O2. The Bertz CT molecular complexity index is 694. The topological polar surface area (TPSA) is 59.5 Å². The van der Waals surface area contributed by atoms with E-state index in [9.17, 15) is 4.39 Å². The van der Waals surface area contributed by atoms with Crippen molar-refractivity contribution in [2.75, 3.05) is 43.6 Å². The molecule has 0 aliphatic carbocycles. The van der Waals surface area contributed by atoms with E-state index in [4.69, 9.17) is 9.47 Å². The predicted octanol–water partition coefficient (Wildman–Crippen LogP) is 2.64. The van der Waals surface area contributed by atoms with E-state index >= 15 is 0 Å². The largest absolute Gasteiger partial charge is 0.378 e. The van der Waals surface area contributed by atoms with Crippen molar-refractivity contribution in [1.82, 2.24) is 9.97 Å². The zero-order chi connectivity index (χ0) is 17.6. The van der Waals surface area contributed by atoms with Crippen LogP contribution in [0.4, 0.5) is 16.0 Å². The molecule has 1 saturated heterocycles. The zero-order valence-electron chi connectivity index (χ0n) is 14.5. The Balaban J connectivity index is 1.73. The number of rotatable bonds is 6. The third kappa shape index (κ3) is 4.24. The summed E-state index contributed by atoms with van der Waals surface area (Å²) in [6.07, 6.45) is 1.10. The van der Waals surface area contributed by atoms with Gasteiger partial charge in [-0.2, -0.15) is 0 Å². The van der Waals surface area contributed by atoms with Crippen LogP contribution in [0.5, 0.6) is 0 Å². The van der Waals surface area contributed by atoms with Gasteiger partial charge in [0.1, 0.15) is 29.9 Å². The van der Waals surface area contributed by atoms with Crippen molar-refractivity contribution >= 4 is 11.6 Å². The molecule has 0 unspecified atom stereocenters. The van der Waals surface area contributed by atoms with Crippen LogP contribution in [-0.4, -0.2) is 49.4 Å². The summed E-state index contributed by atoms with van der Waals surface area (Å²) in [6.45, 7) is 4.95. The third-order valence-electron chi connectivity index (χ3n) is 4.28. The van der Waals surface area contributed by atoms with E-state index in [1.807, 2.05) is 13.0 Å². The molecule has 1 N–H and O–H groups in total. The number of anilines is 2. The maximum absolute atomic E-state index is 14.1. The highest BCUT2D eigenvalue weighted by atomic mass is 19.1. The molecule has 0 amide bonds. The van der Waals surface area contributed by atoms with Crippen LogP contribution in [0.15, 0.2) is 36.7 Å². The molecule has 1 aliphatic rings. The van der Waals surface area contributed by atoms with Crippen molar-refractivity contribution in [3.05, 3.63) is 48.0 Å². The number of hydrogen-bond acceptors (Lipinski definition) is 6. The molecule has 1 aliphatic heterocycles. The van der Waals surface area contributed by atoms with Crippen molar-refractivity contribution in [3.8, 4) is 0 Å². The van der Waals surface area contributed by atoms with Gasteiger partial charge in [0, 0.05) is 31.8 Å². The highest BCUT2D eigenvalue weighted by Gasteiger charge is 2.22. The molecule has 0 spiro atoms. The van der Waals surface area contributed by atoms with E-state index in [-0.39, 0.29) is 11.9 Å². The highest BCUT2D eigenvalue weighted by Crippen LogP contribution is 2.26. The first-order valence-corrected chi connectivity index (χ1v) is 8.37. The Hall–Kier alpha value is -2.25. The van der Waals surface area contributed by atoms with Crippen LogP contribution < -0.4 is 10.2 Å². The summed E-state index contributed by atoms with van der Waals surface area (Å²) in [5.74, 6) is 1.26. The van der Waals surface area contributed by atoms with E-state index in [2.05, 4.69) is 20.2 Å². The maximum Gasteiger partial charge on any atom is 0.134 e. The van der Waals surface area contributed by atoms with Crippen LogP contribution in [0.25, 0.3) is 0 Å². The number of nitrogens with zero attached hydrogens (tertiary/aromatic N) is 3. The second kappa shape index (κ2) is 8.22. The minimum atomic E-state index is -0.428. The van der Waals surface area contributed by atoms with Crippen LogP contribution in [0.3, 0.4) is 0 Å². The smallest absolute Gasteiger partial charge is 0.134 e. The van der Waals surface area contributed by atoms with Gasteiger partial charge in [0.15, 0.2) is 0 Å². The summed E-state index contributed by atoms with van der Waals surface area (Å²) >= 11 is 0. The quantitative estimate of drug-likeness (QED) is 0.868. The fourth-order valence-electron chi connectivity index (χ4n) is 3.01. The number of halogens is 1. The Morgan fingerprint density at radius 2 is 2.00 bits per heavy atom. The average Bonchev–Trinajstić information content (AvgIpc) is 2.65. The number of morpholine rings is 1. The lowest BCUT2D eigenvalue weighted by atomic mass is 10.0. The molecule has 7 heteroatoms. The van der Waals surface area contributed by atoms with Gasteiger partial charge in [-0.1, -0.05) is 18.2 Å². The van der Waals surface area contributed by atoms with Crippen LogP contribution in [0.2, 0.25) is 0 Å². The van der Waals surface area contributed by atoms with Crippen LogP contribution >= 0.6 is 0 Å². The number of methoxy groups -OCH3 is 1. The summed E-state index contributed by atoms with van der Waals surface area (Å²) in [6, 6.07) is 8.38. The molecular weight excluding hydrogens is 323 g/mol. The van der Waals surface area contributed by atoms with E-state index in [0.717, 1.165) is 18.9 Å². The van der Waals surface area contributed by atoms with Gasteiger partial charge in [-0.25, -0.2) is 14.4 Å². The lowest BCUT2D eigenvalue weighted by Crippen LogP contribution is -2.36. The minimum Gasteiger partial charge on any atom is -0.378 e. The summed E-state index contributed by atoms with van der Waals surface area (Å²) in [7, 11) is 1.58. The molecule has 1 aromatic heterocycles. The molecule has 25 heavy (non-hydrogen) atoms. The van der Waals surface area contributed by atoms with Gasteiger partial charge in [-0.3, -0.25) is 0 Å². The van der Waals surface area contributed by atoms with Gasteiger partial charge in [0.25, 0.3) is 0 Å². The van der Waals surface area contributed by atoms with Gasteiger partial charge < -0.3 is 19.7 Å². The Kier molecular flexibility index (Phi) is 5.78. The number of hydrogen-bond donors (Lipinski definition) is 1. The number of nitrogens with one attached hydrogen (secondary N) is 1. The fourth-order valence-corrected chi connectivity index (χ4v) is 3.01. The average molecular weight is 346 g/mol. The minimum absolute atomic E-state index is 0.172. The molecule has 2 heterocycles. The molecule has 2 atom stereocenters. The lowest BCUT2D eigenvalue weighted by molar-refractivity contribution is 0.0875. The van der Waals surface area contributed by atoms with Gasteiger partial charge in [-0.05, 0) is 13.0 Å². The van der Waals surface area contributed by atoms with E-state index in [0.29, 0.717) is 24.6 Å². The Morgan fingerprint density at radius 3 is 2.72 bits per heavy atom. The monoisotopic (exact) mass is 346 g/mol. The molecule has 0 saturated carbocycles. The second-order valence-electron chi connectivity index (χ2n) is 5.97. The molecule has 1 aromatic carbocycles. The number of ether oxygens (including phenoxy) is 2. The zero-order valence-corrected chi connectivity index (χ0v) is 14.5. The highest BCUT2D eigenvalue weighted by molar-refractivity contribution is 5.49. The summed E-state index contributed by atoms with van der Waals surface area (Å²) in [5.41, 5.74) is 0.521. The molecule has 2 aromatic rings. The standard InChI is InChI=1S/C18H23FN4O2/c1-13(18(24-2)14-5-3-4-6-15(14)19)22-16-11-17(21-12-20-16)23-7-9-25-10-8-23/h3-6,11-13,18H,7-10H2,1-2H3,(H,20,21,22)/t13-,18+/m0/s1. The normalized spacial score (nSPS) is 17.2. The molecule has 1 fully saturated rings. The summed E-state index contributed by atoms with van der Waals surface area (Å²) in [4.78, 5) is 10.8. The number of aromatic nitrogens is 2. The second-order valence-corrected chi connectivity index (χ2v) is 5.97. The van der Waals surface area contributed by atoms with Gasteiger partial charge in [0.05, 0.1) is 19.3 Å². The van der Waals surface area contributed by atoms with E-state index < -0.39 is 6.10 Å². The third-order valence-corrected chi connectivity index (χ3v) is 4.28. The Morgan fingerprint density at radius 1 is 1.24 bits per heavy atom. The molecule has 3 rings (SSSR count). The van der Waals surface area contributed by atoms with Gasteiger partial charge in [-0.15, -0.1) is 0 Å². The van der Waals surface area contributed by atoms with E-state index in [1.54, 1.807) is 25.3 Å². The molecule has 134 valence electrons. The van der Waals surface area contributed by atoms with Crippen molar-refractivity contribution in [3.63, 3.8) is 0 Å². The maximum atomic E-state index is 14.1. The summed E-state index contributed by atoms with van der Waals surface area (Å²) in [5, 5.41) is 3.30. The molecule has 6 nitrogen and oxygen atoms in total. The van der Waals surface area contributed by atoms with Crippen molar-refractivity contribution in [2.45, 2.75) is 19.1 Å². The van der Waals surface area contributed by atoms with Gasteiger partial charge in [0.2, 0.25) is 0 Å². The van der Waals surface area contributed by atoms with Crippen molar-refractivity contribution < 1.29 is 13.9 Å². The van der Waals surface area contributed by atoms with Crippen molar-refractivity contribution in [1.29, 1.82) is 0 Å². The lowest BCUT2D eigenvalue weighted by Gasteiger charge is -2.28. The SMILES string of the molecule is CO[C@@H](c1ccccc1F)[C@H](C)Nc1cc(N2CCOCC2)ncn1. The fraction of sp³-hybridized carbons (Fsp3) is 0.444.